The van der Waals surface area contributed by atoms with Crippen molar-refractivity contribution in [3.8, 4) is 5.75 Å². The average molecular weight is 848 g/mol. The van der Waals surface area contributed by atoms with Crippen LogP contribution in [0.2, 0.25) is 0 Å². The summed E-state index contributed by atoms with van der Waals surface area (Å²) in [6.45, 7) is 6.71. The Labute approximate surface area is 351 Å². The highest BCUT2D eigenvalue weighted by molar-refractivity contribution is 7.89. The molecular weight excluding hydrogens is 803 g/mol. The number of nitrogens with zero attached hydrogens (tertiary/aromatic N) is 8. The first kappa shape index (κ1) is 39.1. The third-order valence-electron chi connectivity index (χ3n) is 13.1. The number of aromatic nitrogens is 3. The van der Waals surface area contributed by atoms with Crippen molar-refractivity contribution in [3.05, 3.63) is 89.7 Å². The van der Waals surface area contributed by atoms with E-state index in [1.165, 1.54) is 13.2 Å². The molecule has 2 N–H and O–H groups in total. The largest absolute Gasteiger partial charge is 0.496 e. The van der Waals surface area contributed by atoms with Crippen LogP contribution in [0, 0.1) is 11.3 Å². The molecule has 4 amide bonds. The molecule has 4 fully saturated rings. The van der Waals surface area contributed by atoms with Crippen molar-refractivity contribution in [2.24, 2.45) is 16.5 Å². The van der Waals surface area contributed by atoms with E-state index in [9.17, 15) is 27.6 Å². The molecule has 316 valence electrons. The molecule has 5 aromatic rings. The van der Waals surface area contributed by atoms with Crippen molar-refractivity contribution in [1.82, 2.24) is 24.7 Å². The van der Waals surface area contributed by atoms with Gasteiger partial charge in [0.05, 0.1) is 29.7 Å². The molecule has 3 atom stereocenters. The SMILES string of the molecule is COc1cc(Cn2cccn2)cc2onc(N3C(=O)CC[C@@H](N4C(=O)c5ccc(N6CC[C@H](CN7CCC8(CCN(c9cccc(S(N)(=O)=O)c9)C8)C7)C6)cc5C4=O)C3=O)c12. The second kappa shape index (κ2) is 14.8. The molecule has 4 saturated heterocycles. The van der Waals surface area contributed by atoms with E-state index >= 15 is 0 Å². The molecule has 7 heterocycles. The van der Waals surface area contributed by atoms with Gasteiger partial charge in [-0.2, -0.15) is 5.10 Å². The molecule has 1 spiro atoms. The fourth-order valence-corrected chi connectivity index (χ4v) is 10.7. The summed E-state index contributed by atoms with van der Waals surface area (Å²) in [4.78, 5) is 64.7. The zero-order valence-corrected chi connectivity index (χ0v) is 34.4. The Morgan fingerprint density at radius 3 is 2.52 bits per heavy atom. The molecule has 1 unspecified atom stereocenters. The van der Waals surface area contributed by atoms with Gasteiger partial charge in [-0.05, 0) is 98.3 Å². The molecule has 5 aliphatic rings. The van der Waals surface area contributed by atoms with Crippen LogP contribution in [0.25, 0.3) is 11.0 Å². The number of ether oxygens (including phenoxy) is 1. The summed E-state index contributed by atoms with van der Waals surface area (Å²) in [5.41, 5.74) is 3.44. The average Bonchev–Trinajstić information content (AvgIpc) is 4.12. The molecular formula is C43H45N9O8S. The maximum absolute atomic E-state index is 14.2. The summed E-state index contributed by atoms with van der Waals surface area (Å²) in [6, 6.07) is 16.3. The number of nitrogens with two attached hydrogens (primary N) is 1. The van der Waals surface area contributed by atoms with E-state index in [1.807, 2.05) is 24.4 Å². The Bertz CT molecular complexity index is 2720. The lowest BCUT2D eigenvalue weighted by atomic mass is 9.86. The minimum atomic E-state index is -3.78. The molecule has 2 aromatic heterocycles. The van der Waals surface area contributed by atoms with Crippen LogP contribution in [-0.2, 0) is 26.2 Å². The van der Waals surface area contributed by atoms with Gasteiger partial charge in [-0.1, -0.05) is 11.2 Å². The van der Waals surface area contributed by atoms with Crippen LogP contribution in [0.1, 0.15) is 58.4 Å². The number of rotatable bonds is 10. The number of amides is 4. The number of hydrogen-bond donors (Lipinski definition) is 1. The van der Waals surface area contributed by atoms with E-state index in [2.05, 4.69) is 25.0 Å². The van der Waals surface area contributed by atoms with Gasteiger partial charge in [0.25, 0.3) is 17.7 Å². The fourth-order valence-electron chi connectivity index (χ4n) is 10.1. The number of carbonyl (C=O) groups excluding carboxylic acids is 4. The first-order valence-corrected chi connectivity index (χ1v) is 22.1. The predicted molar refractivity (Wildman–Crippen MR) is 223 cm³/mol. The molecule has 61 heavy (non-hydrogen) atoms. The molecule has 0 radical (unpaired) electrons. The smallest absolute Gasteiger partial charge is 0.262 e. The van der Waals surface area contributed by atoms with E-state index in [4.69, 9.17) is 14.4 Å². The molecule has 10 rings (SSSR count). The van der Waals surface area contributed by atoms with E-state index < -0.39 is 39.7 Å². The first-order chi connectivity index (χ1) is 29.4. The van der Waals surface area contributed by atoms with Crippen molar-refractivity contribution in [2.45, 2.75) is 49.6 Å². The number of methoxy groups -OCH3 is 1. The van der Waals surface area contributed by atoms with Crippen molar-refractivity contribution in [3.63, 3.8) is 0 Å². The minimum absolute atomic E-state index is 0.0111. The second-order valence-electron chi connectivity index (χ2n) is 17.0. The Morgan fingerprint density at radius 1 is 0.902 bits per heavy atom. The fraction of sp³-hybridized carbons (Fsp3) is 0.395. The van der Waals surface area contributed by atoms with E-state index in [0.717, 1.165) is 91.8 Å². The number of anilines is 3. The van der Waals surface area contributed by atoms with E-state index in [-0.39, 0.29) is 40.1 Å². The number of hydrogen-bond acceptors (Lipinski definition) is 13. The standard InChI is InChI=1S/C43H45N9O8S/c1-59-35-18-28(24-50-14-3-13-45-50)19-36-38(35)39(46-60-36)52-37(53)9-8-34(42(52)56)51-40(54)32-7-6-30(21-33(32)41(51)55)48-15-10-27(23-48)22-47-16-11-43(25-47)12-17-49(26-43)29-4-2-5-31(20-29)61(44,57)58/h2-7,13-14,18-21,27,34H,8-12,15-17,22-26H2,1H3,(H2,44,57,58)/t27-,34-,43?/m1/s1. The third-order valence-corrected chi connectivity index (χ3v) is 14.1. The Balaban J connectivity index is 0.799. The van der Waals surface area contributed by atoms with Gasteiger partial charge in [0.15, 0.2) is 11.4 Å². The van der Waals surface area contributed by atoms with Gasteiger partial charge in [0.1, 0.15) is 17.2 Å². The van der Waals surface area contributed by atoms with Gasteiger partial charge in [-0.15, -0.1) is 0 Å². The molecule has 17 nitrogen and oxygen atoms in total. The summed E-state index contributed by atoms with van der Waals surface area (Å²) >= 11 is 0. The summed E-state index contributed by atoms with van der Waals surface area (Å²) in [6.07, 6.45) is 6.49. The van der Waals surface area contributed by atoms with Crippen LogP contribution in [0.4, 0.5) is 17.2 Å². The van der Waals surface area contributed by atoms with Crippen molar-refractivity contribution < 1.29 is 36.9 Å². The zero-order chi connectivity index (χ0) is 42.2. The summed E-state index contributed by atoms with van der Waals surface area (Å²) < 4.78 is 36.9. The van der Waals surface area contributed by atoms with Crippen LogP contribution >= 0.6 is 0 Å². The number of piperidine rings is 1. The number of imide groups is 2. The quantitative estimate of drug-likeness (QED) is 0.201. The lowest BCUT2D eigenvalue weighted by molar-refractivity contribution is -0.132. The summed E-state index contributed by atoms with van der Waals surface area (Å²) in [5, 5.41) is 14.1. The van der Waals surface area contributed by atoms with Crippen LogP contribution in [-0.4, -0.2) is 116 Å². The predicted octanol–water partition coefficient (Wildman–Crippen LogP) is 3.48. The van der Waals surface area contributed by atoms with Gasteiger partial charge in [-0.3, -0.25) is 28.8 Å². The van der Waals surface area contributed by atoms with Gasteiger partial charge < -0.3 is 24.0 Å². The van der Waals surface area contributed by atoms with E-state index in [1.54, 1.807) is 47.3 Å². The summed E-state index contributed by atoms with van der Waals surface area (Å²) in [7, 11) is -2.31. The van der Waals surface area contributed by atoms with Gasteiger partial charge in [0, 0.05) is 74.9 Å². The maximum atomic E-state index is 14.2. The van der Waals surface area contributed by atoms with Crippen LogP contribution in [0.3, 0.4) is 0 Å². The number of carbonyl (C=O) groups is 4. The molecule has 0 aliphatic carbocycles. The first-order valence-electron chi connectivity index (χ1n) is 20.6. The number of likely N-dealkylation sites (tertiary alicyclic amines) is 1. The van der Waals surface area contributed by atoms with Gasteiger partial charge >= 0.3 is 0 Å². The van der Waals surface area contributed by atoms with Gasteiger partial charge in [0.2, 0.25) is 15.9 Å². The highest BCUT2D eigenvalue weighted by Crippen LogP contribution is 2.43. The zero-order valence-electron chi connectivity index (χ0n) is 33.6. The second-order valence-corrected chi connectivity index (χ2v) is 18.6. The highest BCUT2D eigenvalue weighted by atomic mass is 32.2. The third kappa shape index (κ3) is 6.91. The summed E-state index contributed by atoms with van der Waals surface area (Å²) in [5.74, 6) is -1.70. The maximum Gasteiger partial charge on any atom is 0.262 e. The van der Waals surface area contributed by atoms with Crippen molar-refractivity contribution in [2.75, 3.05) is 67.6 Å². The normalized spacial score (nSPS) is 23.4. The Kier molecular flexibility index (Phi) is 9.48. The van der Waals surface area contributed by atoms with Crippen molar-refractivity contribution in [1.29, 1.82) is 0 Å². The highest BCUT2D eigenvalue weighted by Gasteiger charge is 2.49. The Morgan fingerprint density at radius 2 is 1.72 bits per heavy atom. The van der Waals surface area contributed by atoms with Crippen molar-refractivity contribution >= 4 is 61.8 Å². The monoisotopic (exact) mass is 847 g/mol. The number of benzene rings is 3. The lowest BCUT2D eigenvalue weighted by Gasteiger charge is -2.33. The van der Waals surface area contributed by atoms with Crippen LogP contribution < -0.4 is 24.6 Å². The number of primary sulfonamides is 1. The lowest BCUT2D eigenvalue weighted by Crippen LogP contribution is -2.56. The molecule has 18 heteroatoms. The molecule has 0 saturated carbocycles. The van der Waals surface area contributed by atoms with Crippen LogP contribution in [0.15, 0.2) is 82.5 Å². The molecule has 0 bridgehead atoms. The van der Waals surface area contributed by atoms with Gasteiger partial charge in [-0.25, -0.2) is 18.5 Å². The minimum Gasteiger partial charge on any atom is -0.496 e. The van der Waals surface area contributed by atoms with Crippen LogP contribution in [0.5, 0.6) is 5.75 Å². The Hall–Kier alpha value is -6.11. The van der Waals surface area contributed by atoms with E-state index in [0.29, 0.717) is 29.2 Å². The topological polar surface area (TPSA) is 198 Å². The molecule has 3 aromatic carbocycles. The molecule has 5 aliphatic heterocycles. The number of fused-ring (bicyclic) bond motifs is 2. The number of sulfonamides is 1.